The first-order valence-corrected chi connectivity index (χ1v) is 8.98. The molecular weight excluding hydrogens is 325 g/mol. The first-order chi connectivity index (χ1) is 12.7. The molecule has 1 aromatic heterocycles. The van der Waals surface area contributed by atoms with Crippen LogP contribution in [0, 0.1) is 5.82 Å². The maximum absolute atomic E-state index is 13.8. The number of nitrogens with zero attached hydrogens (tertiary/aromatic N) is 1. The Bertz CT molecular complexity index is 844. The summed E-state index contributed by atoms with van der Waals surface area (Å²) < 4.78 is 13.8. The number of halogens is 1. The van der Waals surface area contributed by atoms with Gasteiger partial charge in [0.05, 0.1) is 0 Å². The smallest absolute Gasteiger partial charge is 0.133 e. The average Bonchev–Trinajstić information content (AvgIpc) is 2.68. The number of rotatable bonds is 8. The lowest BCUT2D eigenvalue weighted by Crippen LogP contribution is -2.02. The second-order valence-corrected chi connectivity index (χ2v) is 6.39. The van der Waals surface area contributed by atoms with Gasteiger partial charge in [-0.3, -0.25) is 9.78 Å². The minimum Gasteiger partial charge on any atom is -0.300 e. The van der Waals surface area contributed by atoms with Crippen LogP contribution in [0.25, 0.3) is 11.1 Å². The average molecular weight is 347 g/mol. The molecule has 0 spiro atoms. The van der Waals surface area contributed by atoms with E-state index in [2.05, 4.69) is 4.98 Å². The van der Waals surface area contributed by atoms with Crippen LogP contribution in [-0.4, -0.2) is 10.8 Å². The van der Waals surface area contributed by atoms with Crippen LogP contribution < -0.4 is 0 Å². The number of pyridine rings is 1. The molecule has 2 aromatic carbocycles. The lowest BCUT2D eigenvalue weighted by atomic mass is 10.00. The summed E-state index contributed by atoms with van der Waals surface area (Å²) >= 11 is 0. The molecule has 1 heterocycles. The van der Waals surface area contributed by atoms with Crippen molar-refractivity contribution in [2.75, 3.05) is 0 Å². The fraction of sp³-hybridized carbons (Fsp3) is 0.217. The zero-order valence-electron chi connectivity index (χ0n) is 14.7. The highest BCUT2D eigenvalue weighted by Gasteiger charge is 2.06. The molecule has 3 heteroatoms. The van der Waals surface area contributed by atoms with Gasteiger partial charge < -0.3 is 0 Å². The molecule has 0 aliphatic carbocycles. The van der Waals surface area contributed by atoms with Crippen LogP contribution in [0.15, 0.2) is 72.9 Å². The lowest BCUT2D eigenvalue weighted by molar-refractivity contribution is -0.119. The molecule has 0 N–H and O–H groups in total. The summed E-state index contributed by atoms with van der Waals surface area (Å²) in [4.78, 5) is 16.3. The molecule has 0 amide bonds. The number of carbonyl (C=O) groups is 1. The summed E-state index contributed by atoms with van der Waals surface area (Å²) in [6.45, 7) is 0. The topological polar surface area (TPSA) is 30.0 Å². The molecule has 0 saturated heterocycles. The van der Waals surface area contributed by atoms with Crippen LogP contribution in [0.5, 0.6) is 0 Å². The van der Waals surface area contributed by atoms with Crippen LogP contribution in [0.1, 0.15) is 30.5 Å². The van der Waals surface area contributed by atoms with Crippen LogP contribution in [-0.2, 0) is 17.6 Å². The summed E-state index contributed by atoms with van der Waals surface area (Å²) in [7, 11) is 0. The van der Waals surface area contributed by atoms with Gasteiger partial charge in [-0.05, 0) is 48.6 Å². The highest BCUT2D eigenvalue weighted by atomic mass is 19.1. The van der Waals surface area contributed by atoms with Gasteiger partial charge in [0, 0.05) is 30.3 Å². The van der Waals surface area contributed by atoms with Crippen molar-refractivity contribution in [2.45, 2.75) is 32.1 Å². The van der Waals surface area contributed by atoms with Crippen molar-refractivity contribution in [3.05, 3.63) is 90.0 Å². The standard InChI is InChI=1S/C23H22FNO/c24-23-10-2-1-9-22(23)19-13-11-18(12-14-19)6-5-8-21(26)16-15-20-7-3-4-17-25-20/h1-4,7,9-14,17H,5-6,8,15-16H2. The summed E-state index contributed by atoms with van der Waals surface area (Å²) in [5, 5.41) is 0. The van der Waals surface area contributed by atoms with Crippen LogP contribution in [0.2, 0.25) is 0 Å². The van der Waals surface area contributed by atoms with Crippen molar-refractivity contribution >= 4 is 5.78 Å². The third-order valence-electron chi connectivity index (χ3n) is 4.45. The van der Waals surface area contributed by atoms with E-state index in [-0.39, 0.29) is 11.6 Å². The molecule has 0 fully saturated rings. The first-order valence-electron chi connectivity index (χ1n) is 8.98. The summed E-state index contributed by atoms with van der Waals surface area (Å²) in [6, 6.07) is 20.5. The van der Waals surface area contributed by atoms with Crippen molar-refractivity contribution in [3.63, 3.8) is 0 Å². The van der Waals surface area contributed by atoms with Crippen LogP contribution in [0.3, 0.4) is 0 Å². The third-order valence-corrected chi connectivity index (χ3v) is 4.45. The molecule has 0 aliphatic heterocycles. The molecule has 26 heavy (non-hydrogen) atoms. The number of carbonyl (C=O) groups excluding carboxylic acids is 1. The summed E-state index contributed by atoms with van der Waals surface area (Å²) in [5.74, 6) is 0.0670. The van der Waals surface area contributed by atoms with E-state index >= 15 is 0 Å². The van der Waals surface area contributed by atoms with Gasteiger partial charge >= 0.3 is 0 Å². The van der Waals surface area contributed by atoms with Crippen LogP contribution in [0.4, 0.5) is 4.39 Å². The molecule has 0 saturated carbocycles. The number of Topliss-reactive ketones (excluding diaryl/α,β-unsaturated/α-hetero) is 1. The Morgan fingerprint density at radius 1 is 0.846 bits per heavy atom. The predicted octanol–water partition coefficient (Wildman–Crippen LogP) is 5.41. The summed E-state index contributed by atoms with van der Waals surface area (Å²) in [6.07, 6.45) is 5.28. The van der Waals surface area contributed by atoms with E-state index in [9.17, 15) is 9.18 Å². The second kappa shape index (κ2) is 9.04. The van der Waals surface area contributed by atoms with E-state index in [1.165, 1.54) is 11.6 Å². The number of aryl methyl sites for hydroxylation is 2. The van der Waals surface area contributed by atoms with Crippen LogP contribution >= 0.6 is 0 Å². The van der Waals surface area contributed by atoms with Gasteiger partial charge in [0.2, 0.25) is 0 Å². The van der Waals surface area contributed by atoms with E-state index < -0.39 is 0 Å². The number of benzene rings is 2. The molecule has 0 unspecified atom stereocenters. The third kappa shape index (κ3) is 5.09. The normalized spacial score (nSPS) is 10.7. The SMILES string of the molecule is O=C(CCCc1ccc(-c2ccccc2F)cc1)CCc1ccccn1. The predicted molar refractivity (Wildman–Crippen MR) is 102 cm³/mol. The maximum Gasteiger partial charge on any atom is 0.133 e. The Labute approximate surface area is 153 Å². The van der Waals surface area contributed by atoms with Gasteiger partial charge in [-0.1, -0.05) is 48.5 Å². The molecule has 3 aromatic rings. The number of hydrogen-bond donors (Lipinski definition) is 0. The van der Waals surface area contributed by atoms with Gasteiger partial charge in [0.1, 0.15) is 11.6 Å². The number of ketones is 1. The fourth-order valence-electron chi connectivity index (χ4n) is 2.97. The second-order valence-electron chi connectivity index (χ2n) is 6.39. The molecule has 0 aliphatic rings. The van der Waals surface area contributed by atoms with E-state index in [1.54, 1.807) is 18.3 Å². The highest BCUT2D eigenvalue weighted by molar-refractivity contribution is 5.78. The van der Waals surface area contributed by atoms with Gasteiger partial charge in [0.25, 0.3) is 0 Å². The molecule has 0 radical (unpaired) electrons. The Morgan fingerprint density at radius 2 is 1.62 bits per heavy atom. The highest BCUT2D eigenvalue weighted by Crippen LogP contribution is 2.23. The van der Waals surface area contributed by atoms with Gasteiger partial charge in [-0.25, -0.2) is 4.39 Å². The molecular formula is C23H22FNO. The Balaban J connectivity index is 1.45. The monoisotopic (exact) mass is 347 g/mol. The lowest BCUT2D eigenvalue weighted by Gasteiger charge is -2.06. The molecule has 0 atom stereocenters. The minimum absolute atomic E-state index is 0.209. The van der Waals surface area contributed by atoms with Crippen molar-refractivity contribution in [3.8, 4) is 11.1 Å². The molecule has 132 valence electrons. The molecule has 3 rings (SSSR count). The van der Waals surface area contributed by atoms with Gasteiger partial charge in [0.15, 0.2) is 0 Å². The zero-order chi connectivity index (χ0) is 18.2. The van der Waals surface area contributed by atoms with E-state index in [0.717, 1.165) is 24.1 Å². The fourth-order valence-corrected chi connectivity index (χ4v) is 2.97. The van der Waals surface area contributed by atoms with E-state index in [1.807, 2.05) is 48.5 Å². The van der Waals surface area contributed by atoms with E-state index in [0.29, 0.717) is 24.8 Å². The van der Waals surface area contributed by atoms with E-state index in [4.69, 9.17) is 0 Å². The van der Waals surface area contributed by atoms with Crippen molar-refractivity contribution in [1.29, 1.82) is 0 Å². The zero-order valence-corrected chi connectivity index (χ0v) is 14.7. The largest absolute Gasteiger partial charge is 0.300 e. The van der Waals surface area contributed by atoms with Crippen molar-refractivity contribution in [2.24, 2.45) is 0 Å². The maximum atomic E-state index is 13.8. The first kappa shape index (κ1) is 18.0. The minimum atomic E-state index is -0.209. The molecule has 0 bridgehead atoms. The Morgan fingerprint density at radius 3 is 2.35 bits per heavy atom. The number of hydrogen-bond acceptors (Lipinski definition) is 2. The molecule has 2 nitrogen and oxygen atoms in total. The van der Waals surface area contributed by atoms with Crippen molar-refractivity contribution in [1.82, 2.24) is 4.98 Å². The quantitative estimate of drug-likeness (QED) is 0.545. The van der Waals surface area contributed by atoms with Gasteiger partial charge in [-0.15, -0.1) is 0 Å². The Kier molecular flexibility index (Phi) is 6.26. The summed E-state index contributed by atoms with van der Waals surface area (Å²) in [5.41, 5.74) is 3.62. The Hall–Kier alpha value is -2.81. The van der Waals surface area contributed by atoms with Crippen molar-refractivity contribution < 1.29 is 9.18 Å². The number of aromatic nitrogens is 1. The van der Waals surface area contributed by atoms with Gasteiger partial charge in [-0.2, -0.15) is 0 Å².